The van der Waals surface area contributed by atoms with Crippen molar-refractivity contribution in [1.29, 1.82) is 0 Å². The Morgan fingerprint density at radius 3 is 2.55 bits per heavy atom. The van der Waals surface area contributed by atoms with Crippen molar-refractivity contribution in [1.82, 2.24) is 9.78 Å². The summed E-state index contributed by atoms with van der Waals surface area (Å²) in [6.07, 6.45) is 3.45. The van der Waals surface area contributed by atoms with Crippen LogP contribution in [0.3, 0.4) is 0 Å². The molecule has 0 saturated heterocycles. The van der Waals surface area contributed by atoms with Crippen LogP contribution >= 0.6 is 0 Å². The first-order chi connectivity index (χ1) is 15.0. The highest BCUT2D eigenvalue weighted by Crippen LogP contribution is 2.15. The molecule has 0 saturated carbocycles. The fraction of sp³-hybridized carbons (Fsp3) is 0.120. The molecule has 5 nitrogen and oxygen atoms in total. The first-order valence-electron chi connectivity index (χ1n) is 9.92. The molecule has 1 heterocycles. The van der Waals surface area contributed by atoms with Gasteiger partial charge in [-0.1, -0.05) is 42.0 Å². The molecule has 0 atom stereocenters. The van der Waals surface area contributed by atoms with Gasteiger partial charge in [0.2, 0.25) is 0 Å². The number of amides is 1. The third-order valence-electron chi connectivity index (χ3n) is 4.75. The van der Waals surface area contributed by atoms with E-state index in [0.717, 1.165) is 11.1 Å². The van der Waals surface area contributed by atoms with Gasteiger partial charge < -0.3 is 10.1 Å². The maximum atomic E-state index is 12.9. The van der Waals surface area contributed by atoms with Crippen LogP contribution in [0.25, 0.3) is 0 Å². The van der Waals surface area contributed by atoms with Gasteiger partial charge in [0.15, 0.2) is 0 Å². The van der Waals surface area contributed by atoms with Crippen molar-refractivity contribution in [2.75, 3.05) is 5.32 Å². The molecule has 0 radical (unpaired) electrons. The molecule has 6 heteroatoms. The minimum absolute atomic E-state index is 0.207. The predicted octanol–water partition coefficient (Wildman–Crippen LogP) is 5.21. The van der Waals surface area contributed by atoms with Crippen LogP contribution < -0.4 is 10.1 Å². The Kier molecular flexibility index (Phi) is 6.08. The van der Waals surface area contributed by atoms with Crippen LogP contribution in [-0.4, -0.2) is 15.7 Å². The molecule has 3 aromatic carbocycles. The zero-order valence-electron chi connectivity index (χ0n) is 17.1. The van der Waals surface area contributed by atoms with Crippen LogP contribution in [0.1, 0.15) is 27.0 Å². The Morgan fingerprint density at radius 2 is 1.81 bits per heavy atom. The third-order valence-corrected chi connectivity index (χ3v) is 4.75. The number of aryl methyl sites for hydroxylation is 1. The van der Waals surface area contributed by atoms with E-state index < -0.39 is 0 Å². The summed E-state index contributed by atoms with van der Waals surface area (Å²) < 4.78 is 20.4. The summed E-state index contributed by atoms with van der Waals surface area (Å²) in [5, 5.41) is 7.19. The molecule has 0 aliphatic heterocycles. The highest BCUT2D eigenvalue weighted by Gasteiger charge is 2.08. The lowest BCUT2D eigenvalue weighted by molar-refractivity contribution is 0.102. The van der Waals surface area contributed by atoms with Crippen molar-refractivity contribution in [3.63, 3.8) is 0 Å². The molecular formula is C25H22FN3O2. The third kappa shape index (κ3) is 5.57. The summed E-state index contributed by atoms with van der Waals surface area (Å²) >= 11 is 0. The van der Waals surface area contributed by atoms with Gasteiger partial charge in [-0.25, -0.2) is 4.39 Å². The molecule has 1 amide bonds. The molecule has 0 spiro atoms. The van der Waals surface area contributed by atoms with Crippen LogP contribution in [0.5, 0.6) is 5.75 Å². The topological polar surface area (TPSA) is 56.2 Å². The monoisotopic (exact) mass is 415 g/mol. The second-order valence-corrected chi connectivity index (χ2v) is 7.31. The normalized spacial score (nSPS) is 10.6. The van der Waals surface area contributed by atoms with Crippen LogP contribution in [0.15, 0.2) is 85.2 Å². The summed E-state index contributed by atoms with van der Waals surface area (Å²) in [5.74, 6) is 0.0791. The van der Waals surface area contributed by atoms with E-state index in [1.165, 1.54) is 17.7 Å². The number of hydrogen-bond donors (Lipinski definition) is 1. The van der Waals surface area contributed by atoms with Gasteiger partial charge in [-0.3, -0.25) is 9.48 Å². The lowest BCUT2D eigenvalue weighted by Gasteiger charge is -2.07. The van der Waals surface area contributed by atoms with E-state index in [2.05, 4.69) is 29.5 Å². The highest BCUT2D eigenvalue weighted by molar-refractivity contribution is 6.04. The molecule has 156 valence electrons. The Hall–Kier alpha value is -3.93. The molecule has 0 unspecified atom stereocenters. The molecule has 0 aliphatic rings. The SMILES string of the molecule is Cc1cccc(Cn2cc(NC(=O)c3ccc(COc4ccc(F)cc4)cc3)cn2)c1. The summed E-state index contributed by atoms with van der Waals surface area (Å²) in [4.78, 5) is 12.5. The average molecular weight is 415 g/mol. The maximum absolute atomic E-state index is 12.9. The lowest BCUT2D eigenvalue weighted by atomic mass is 10.1. The number of benzene rings is 3. The number of ether oxygens (including phenoxy) is 1. The molecule has 1 N–H and O–H groups in total. The van der Waals surface area contributed by atoms with Gasteiger partial charge in [-0.15, -0.1) is 0 Å². The summed E-state index contributed by atoms with van der Waals surface area (Å²) in [6.45, 7) is 3.03. The summed E-state index contributed by atoms with van der Waals surface area (Å²) in [6, 6.07) is 21.3. The van der Waals surface area contributed by atoms with E-state index >= 15 is 0 Å². The molecule has 0 aliphatic carbocycles. The molecule has 4 rings (SSSR count). The van der Waals surface area contributed by atoms with Crippen LogP contribution in [0, 0.1) is 12.7 Å². The molecular weight excluding hydrogens is 393 g/mol. The van der Waals surface area contributed by atoms with E-state index in [4.69, 9.17) is 4.74 Å². The highest BCUT2D eigenvalue weighted by atomic mass is 19.1. The standard InChI is InChI=1S/C25H22FN3O2/c1-18-3-2-4-20(13-18)15-29-16-23(14-27-29)28-25(30)21-7-5-19(6-8-21)17-31-24-11-9-22(26)10-12-24/h2-14,16H,15,17H2,1H3,(H,28,30). The first kappa shape index (κ1) is 20.3. The van der Waals surface area contributed by atoms with Crippen LogP contribution in [0.4, 0.5) is 10.1 Å². The number of carbonyl (C=O) groups excluding carboxylic acids is 1. The Morgan fingerprint density at radius 1 is 1.03 bits per heavy atom. The Bertz CT molecular complexity index is 1170. The molecule has 4 aromatic rings. The quantitative estimate of drug-likeness (QED) is 0.451. The minimum Gasteiger partial charge on any atom is -0.489 e. The van der Waals surface area contributed by atoms with Crippen molar-refractivity contribution in [2.45, 2.75) is 20.1 Å². The van der Waals surface area contributed by atoms with E-state index in [0.29, 0.717) is 30.2 Å². The van der Waals surface area contributed by atoms with E-state index in [1.54, 1.807) is 35.1 Å². The van der Waals surface area contributed by atoms with Gasteiger partial charge in [0.1, 0.15) is 18.2 Å². The Balaban J connectivity index is 1.32. The number of rotatable bonds is 7. The van der Waals surface area contributed by atoms with Crippen LogP contribution in [0.2, 0.25) is 0 Å². The number of carbonyl (C=O) groups is 1. The van der Waals surface area contributed by atoms with Crippen molar-refractivity contribution in [2.24, 2.45) is 0 Å². The van der Waals surface area contributed by atoms with Crippen LogP contribution in [-0.2, 0) is 13.2 Å². The number of aromatic nitrogens is 2. The molecule has 0 bridgehead atoms. The van der Waals surface area contributed by atoms with Gasteiger partial charge in [-0.2, -0.15) is 5.10 Å². The van der Waals surface area contributed by atoms with Crippen molar-refractivity contribution in [3.8, 4) is 5.75 Å². The fourth-order valence-corrected chi connectivity index (χ4v) is 3.17. The number of anilines is 1. The largest absolute Gasteiger partial charge is 0.489 e. The average Bonchev–Trinajstić information content (AvgIpc) is 3.20. The van der Waals surface area contributed by atoms with Crippen molar-refractivity contribution in [3.05, 3.63) is 113 Å². The summed E-state index contributed by atoms with van der Waals surface area (Å²) in [7, 11) is 0. The van der Waals surface area contributed by atoms with Gasteiger partial charge in [-0.05, 0) is 54.4 Å². The number of nitrogens with one attached hydrogen (secondary N) is 1. The van der Waals surface area contributed by atoms with E-state index in [1.807, 2.05) is 30.5 Å². The molecule has 31 heavy (non-hydrogen) atoms. The van der Waals surface area contributed by atoms with Crippen molar-refractivity contribution >= 4 is 11.6 Å². The van der Waals surface area contributed by atoms with Crippen molar-refractivity contribution < 1.29 is 13.9 Å². The zero-order valence-corrected chi connectivity index (χ0v) is 17.1. The van der Waals surface area contributed by atoms with E-state index in [9.17, 15) is 9.18 Å². The van der Waals surface area contributed by atoms with Gasteiger partial charge in [0.25, 0.3) is 5.91 Å². The second-order valence-electron chi connectivity index (χ2n) is 7.31. The molecule has 0 fully saturated rings. The molecule has 1 aromatic heterocycles. The van der Waals surface area contributed by atoms with E-state index in [-0.39, 0.29) is 11.7 Å². The second kappa shape index (κ2) is 9.26. The first-order valence-corrected chi connectivity index (χ1v) is 9.92. The smallest absolute Gasteiger partial charge is 0.255 e. The maximum Gasteiger partial charge on any atom is 0.255 e. The lowest BCUT2D eigenvalue weighted by Crippen LogP contribution is -2.11. The number of hydrogen-bond acceptors (Lipinski definition) is 3. The summed E-state index contributed by atoms with van der Waals surface area (Å²) in [5.41, 5.74) is 4.44. The van der Waals surface area contributed by atoms with Gasteiger partial charge >= 0.3 is 0 Å². The van der Waals surface area contributed by atoms with Gasteiger partial charge in [0.05, 0.1) is 18.4 Å². The minimum atomic E-state index is -0.302. The Labute approximate surface area is 180 Å². The predicted molar refractivity (Wildman–Crippen MR) is 118 cm³/mol. The fourth-order valence-electron chi connectivity index (χ4n) is 3.17. The zero-order chi connectivity index (χ0) is 21.6. The number of halogens is 1. The number of nitrogens with zero attached hydrogens (tertiary/aromatic N) is 2. The van der Waals surface area contributed by atoms with Gasteiger partial charge in [0, 0.05) is 11.8 Å².